The summed E-state index contributed by atoms with van der Waals surface area (Å²) < 4.78 is 5.00. The standard InChI is InChI=1S/C8H15O2/c1-2-3-4-7-10-8-5-6-9/h5,8H,2-4,6-7H2,1H3. The molecular formula is C8H15O2. The Hall–Kier alpha value is -0.500. The van der Waals surface area contributed by atoms with Gasteiger partial charge in [-0.3, -0.25) is 0 Å². The van der Waals surface area contributed by atoms with Gasteiger partial charge in [-0.1, -0.05) is 19.8 Å². The van der Waals surface area contributed by atoms with Crippen molar-refractivity contribution >= 4 is 0 Å². The van der Waals surface area contributed by atoms with Gasteiger partial charge in [-0.15, -0.1) is 0 Å². The van der Waals surface area contributed by atoms with Gasteiger partial charge in [0.25, 0.3) is 0 Å². The van der Waals surface area contributed by atoms with E-state index in [-0.39, 0.29) is 6.61 Å². The van der Waals surface area contributed by atoms with Crippen molar-refractivity contribution in [1.82, 2.24) is 0 Å². The van der Waals surface area contributed by atoms with Crippen LogP contribution in [-0.2, 0) is 9.84 Å². The van der Waals surface area contributed by atoms with Crippen molar-refractivity contribution in [2.24, 2.45) is 0 Å². The van der Waals surface area contributed by atoms with Crippen LogP contribution >= 0.6 is 0 Å². The molecule has 1 radical (unpaired) electrons. The van der Waals surface area contributed by atoms with Gasteiger partial charge in [0.15, 0.2) is 0 Å². The van der Waals surface area contributed by atoms with Crippen molar-refractivity contribution in [1.29, 1.82) is 0 Å². The number of hydrogen-bond acceptors (Lipinski definition) is 1. The SMILES string of the molecule is CCCCCOC=CC[O]. The molecule has 0 aromatic heterocycles. The van der Waals surface area contributed by atoms with E-state index >= 15 is 0 Å². The molecule has 0 rings (SSSR count). The van der Waals surface area contributed by atoms with E-state index in [0.29, 0.717) is 0 Å². The maximum Gasteiger partial charge on any atom is 0.104 e. The molecule has 0 atom stereocenters. The van der Waals surface area contributed by atoms with Gasteiger partial charge in [0.2, 0.25) is 0 Å². The molecule has 0 aromatic carbocycles. The van der Waals surface area contributed by atoms with E-state index in [4.69, 9.17) is 4.74 Å². The molecule has 0 saturated heterocycles. The van der Waals surface area contributed by atoms with E-state index in [9.17, 15) is 5.11 Å². The maximum atomic E-state index is 9.85. The summed E-state index contributed by atoms with van der Waals surface area (Å²) >= 11 is 0. The Balaban J connectivity index is 2.83. The molecule has 0 N–H and O–H groups in total. The highest BCUT2D eigenvalue weighted by Gasteiger charge is 1.82. The Morgan fingerprint density at radius 1 is 1.40 bits per heavy atom. The minimum absolute atomic E-state index is 0.187. The number of rotatable bonds is 6. The van der Waals surface area contributed by atoms with Crippen molar-refractivity contribution in [3.8, 4) is 0 Å². The molecule has 0 aliphatic carbocycles. The lowest BCUT2D eigenvalue weighted by Gasteiger charge is -1.97. The molecule has 0 saturated carbocycles. The van der Waals surface area contributed by atoms with Gasteiger partial charge in [0.05, 0.1) is 12.9 Å². The van der Waals surface area contributed by atoms with E-state index in [2.05, 4.69) is 6.92 Å². The zero-order valence-electron chi connectivity index (χ0n) is 6.51. The average Bonchev–Trinajstić information content (AvgIpc) is 1.97. The molecule has 0 aromatic rings. The van der Waals surface area contributed by atoms with Crippen molar-refractivity contribution in [3.05, 3.63) is 12.3 Å². The highest BCUT2D eigenvalue weighted by molar-refractivity contribution is 4.70. The van der Waals surface area contributed by atoms with Gasteiger partial charge in [-0.05, 0) is 12.5 Å². The van der Waals surface area contributed by atoms with Crippen LogP contribution in [0, 0.1) is 0 Å². The van der Waals surface area contributed by atoms with Crippen molar-refractivity contribution in [2.45, 2.75) is 26.2 Å². The largest absolute Gasteiger partial charge is 0.501 e. The second-order valence-corrected chi connectivity index (χ2v) is 2.12. The highest BCUT2D eigenvalue weighted by Crippen LogP contribution is 1.93. The molecule has 0 spiro atoms. The Kier molecular flexibility index (Phi) is 8.07. The molecule has 0 amide bonds. The summed E-state index contributed by atoms with van der Waals surface area (Å²) in [5, 5.41) is 9.85. The van der Waals surface area contributed by atoms with Gasteiger partial charge in [-0.25, -0.2) is 5.11 Å². The molecule has 0 fully saturated rings. The Labute approximate surface area is 62.5 Å². The third-order valence-corrected chi connectivity index (χ3v) is 1.15. The van der Waals surface area contributed by atoms with Gasteiger partial charge in [0.1, 0.15) is 6.61 Å². The summed E-state index contributed by atoms with van der Waals surface area (Å²) in [4.78, 5) is 0. The van der Waals surface area contributed by atoms with Crippen molar-refractivity contribution in [3.63, 3.8) is 0 Å². The predicted octanol–water partition coefficient (Wildman–Crippen LogP) is 2.14. The molecule has 2 heteroatoms. The number of unbranched alkanes of at least 4 members (excludes halogenated alkanes) is 2. The normalized spacial score (nSPS) is 10.6. The lowest BCUT2D eigenvalue weighted by atomic mass is 10.3. The third kappa shape index (κ3) is 7.50. The minimum Gasteiger partial charge on any atom is -0.501 e. The summed E-state index contributed by atoms with van der Waals surface area (Å²) in [6.07, 6.45) is 6.45. The number of ether oxygens (including phenoxy) is 1. The lowest BCUT2D eigenvalue weighted by Crippen LogP contribution is -1.86. The van der Waals surface area contributed by atoms with Crippen LogP contribution in [0.1, 0.15) is 26.2 Å². The van der Waals surface area contributed by atoms with Gasteiger partial charge < -0.3 is 4.74 Å². The van der Waals surface area contributed by atoms with E-state index < -0.39 is 0 Å². The summed E-state index contributed by atoms with van der Waals surface area (Å²) in [7, 11) is 0. The molecule has 0 heterocycles. The molecule has 2 nitrogen and oxygen atoms in total. The van der Waals surface area contributed by atoms with Gasteiger partial charge in [0, 0.05) is 0 Å². The topological polar surface area (TPSA) is 29.1 Å². The maximum absolute atomic E-state index is 9.85. The van der Waals surface area contributed by atoms with Gasteiger partial charge in [-0.2, -0.15) is 0 Å². The molecule has 0 unspecified atom stereocenters. The fourth-order valence-corrected chi connectivity index (χ4v) is 0.611. The molecule has 0 aliphatic heterocycles. The first-order chi connectivity index (χ1) is 4.91. The van der Waals surface area contributed by atoms with Crippen LogP contribution in [0.5, 0.6) is 0 Å². The summed E-state index contributed by atoms with van der Waals surface area (Å²) in [5.74, 6) is 0. The Morgan fingerprint density at radius 3 is 2.80 bits per heavy atom. The van der Waals surface area contributed by atoms with Crippen LogP contribution in [0.25, 0.3) is 0 Å². The smallest absolute Gasteiger partial charge is 0.104 e. The molecule has 0 aliphatic rings. The van der Waals surface area contributed by atoms with Crippen LogP contribution in [0.3, 0.4) is 0 Å². The van der Waals surface area contributed by atoms with Crippen LogP contribution in [-0.4, -0.2) is 13.2 Å². The molecule has 59 valence electrons. The zero-order chi connectivity index (χ0) is 7.66. The average molecular weight is 143 g/mol. The molecule has 0 bridgehead atoms. The van der Waals surface area contributed by atoms with Crippen molar-refractivity contribution in [2.75, 3.05) is 13.2 Å². The highest BCUT2D eigenvalue weighted by atomic mass is 16.5. The summed E-state index contributed by atoms with van der Waals surface area (Å²) in [6, 6.07) is 0. The fraction of sp³-hybridized carbons (Fsp3) is 0.750. The fourth-order valence-electron chi connectivity index (χ4n) is 0.611. The van der Waals surface area contributed by atoms with Crippen LogP contribution in [0.4, 0.5) is 0 Å². The first-order valence-electron chi connectivity index (χ1n) is 3.76. The van der Waals surface area contributed by atoms with Crippen LogP contribution in [0.15, 0.2) is 12.3 Å². The van der Waals surface area contributed by atoms with Crippen LogP contribution < -0.4 is 0 Å². The quantitative estimate of drug-likeness (QED) is 0.413. The third-order valence-electron chi connectivity index (χ3n) is 1.15. The Morgan fingerprint density at radius 2 is 2.20 bits per heavy atom. The van der Waals surface area contributed by atoms with Gasteiger partial charge >= 0.3 is 0 Å². The van der Waals surface area contributed by atoms with E-state index in [1.54, 1.807) is 0 Å². The second-order valence-electron chi connectivity index (χ2n) is 2.12. The number of hydrogen-bond donors (Lipinski definition) is 0. The zero-order valence-corrected chi connectivity index (χ0v) is 6.51. The minimum atomic E-state index is -0.187. The van der Waals surface area contributed by atoms with E-state index in [1.165, 1.54) is 25.2 Å². The predicted molar refractivity (Wildman–Crippen MR) is 40.2 cm³/mol. The monoisotopic (exact) mass is 143 g/mol. The molecular weight excluding hydrogens is 128 g/mol. The summed E-state index contributed by atoms with van der Waals surface area (Å²) in [6.45, 7) is 2.70. The summed E-state index contributed by atoms with van der Waals surface area (Å²) in [5.41, 5.74) is 0. The first kappa shape index (κ1) is 9.50. The van der Waals surface area contributed by atoms with E-state index in [0.717, 1.165) is 13.0 Å². The van der Waals surface area contributed by atoms with E-state index in [1.807, 2.05) is 0 Å². The Bertz CT molecular complexity index is 79.3. The van der Waals surface area contributed by atoms with Crippen LogP contribution in [0.2, 0.25) is 0 Å². The molecule has 10 heavy (non-hydrogen) atoms. The van der Waals surface area contributed by atoms with Crippen molar-refractivity contribution < 1.29 is 9.84 Å². The lowest BCUT2D eigenvalue weighted by molar-refractivity contribution is 0.214. The first-order valence-corrected chi connectivity index (χ1v) is 3.76. The second kappa shape index (κ2) is 8.50.